The van der Waals surface area contributed by atoms with Crippen LogP contribution in [0.1, 0.15) is 173 Å². The lowest BCUT2D eigenvalue weighted by molar-refractivity contribution is -0.154. The average Bonchev–Trinajstić information content (AvgIpc) is 3.46. The Hall–Kier alpha value is -6.96. The van der Waals surface area contributed by atoms with Crippen molar-refractivity contribution in [1.29, 1.82) is 0 Å². The Morgan fingerprint density at radius 1 is 0.345 bits per heavy atom. The number of aliphatic imine (C=N–C) groups is 4. The van der Waals surface area contributed by atoms with Crippen molar-refractivity contribution in [2.24, 2.45) is 30.2 Å². The van der Waals surface area contributed by atoms with Gasteiger partial charge >= 0.3 is 47.6 Å². The molecule has 0 aromatic rings. The summed E-state index contributed by atoms with van der Waals surface area (Å²) in [6, 6.07) is 0. The molecular weight excluding hydrogens is 1090 g/mol. The van der Waals surface area contributed by atoms with Crippen molar-refractivity contribution in [1.82, 2.24) is 20.7 Å². The SMILES string of the molecule is CCC(=O)C(=O)N/N=C(\C)CCC(=O)OC(C)CN(CC(C)OC(=O)CCC(C)=NC)CC(C)OC(=O)CC/C(C)=N/NC(=O)C(=O)CN=C(C)CCC(=O)OC(C)CN(CC(C)OC(=O)CCC(C)=NC)CC(C)OC(=O)CCC(C)=NC. The summed E-state index contributed by atoms with van der Waals surface area (Å²) in [7, 11) is 4.95. The van der Waals surface area contributed by atoms with Crippen LogP contribution in [0.15, 0.2) is 30.2 Å². The fraction of sp³-hybridized carbons (Fsp3) is 0.724. The maximum atomic E-state index is 13.0. The third-order valence-corrected chi connectivity index (χ3v) is 12.4. The number of hydrogen-bond acceptors (Lipinski definition) is 24. The maximum Gasteiger partial charge on any atom is 0.309 e. The quantitative estimate of drug-likeness (QED) is 0.0263. The van der Waals surface area contributed by atoms with Gasteiger partial charge in [0.15, 0.2) is 0 Å². The minimum Gasteiger partial charge on any atom is -0.461 e. The predicted octanol–water partition coefficient (Wildman–Crippen LogP) is 5.13. The van der Waals surface area contributed by atoms with Gasteiger partial charge in [-0.05, 0) is 122 Å². The first-order valence-electron chi connectivity index (χ1n) is 28.6. The van der Waals surface area contributed by atoms with Gasteiger partial charge in [-0.2, -0.15) is 10.2 Å². The number of rotatable bonds is 43. The molecule has 0 spiro atoms. The largest absolute Gasteiger partial charge is 0.461 e. The van der Waals surface area contributed by atoms with Crippen molar-refractivity contribution in [2.45, 2.75) is 210 Å². The lowest BCUT2D eigenvalue weighted by Crippen LogP contribution is -2.43. The second-order valence-corrected chi connectivity index (χ2v) is 20.9. The van der Waals surface area contributed by atoms with E-state index in [1.165, 1.54) is 0 Å². The molecule has 84 heavy (non-hydrogen) atoms. The van der Waals surface area contributed by atoms with Crippen LogP contribution in [-0.2, 0) is 76.4 Å². The highest BCUT2D eigenvalue weighted by atomic mass is 16.6. The van der Waals surface area contributed by atoms with Crippen LogP contribution >= 0.6 is 0 Å². The molecule has 26 heteroatoms. The molecule has 2 amide bonds. The topological polar surface area (TPSA) is 331 Å². The van der Waals surface area contributed by atoms with Crippen LogP contribution in [-0.4, -0.2) is 207 Å². The van der Waals surface area contributed by atoms with Crippen LogP contribution in [0.5, 0.6) is 0 Å². The lowest BCUT2D eigenvalue weighted by atomic mass is 10.2. The Bertz CT molecular complexity index is 2320. The molecule has 6 unspecified atom stereocenters. The number of hydrogen-bond donors (Lipinski definition) is 2. The van der Waals surface area contributed by atoms with Crippen molar-refractivity contribution >= 4 is 93.5 Å². The zero-order valence-corrected chi connectivity index (χ0v) is 52.7. The summed E-state index contributed by atoms with van der Waals surface area (Å²) in [6.07, 6.45) is -1.54. The minimum atomic E-state index is -1.03. The third-order valence-electron chi connectivity index (χ3n) is 12.4. The Morgan fingerprint density at radius 3 is 0.810 bits per heavy atom. The molecule has 0 aromatic carbocycles. The Labute approximate surface area is 496 Å². The highest BCUT2D eigenvalue weighted by molar-refractivity contribution is 6.37. The maximum absolute atomic E-state index is 13.0. The minimum absolute atomic E-state index is 0.0297. The van der Waals surface area contributed by atoms with Crippen LogP contribution in [0.4, 0.5) is 0 Å². The van der Waals surface area contributed by atoms with Gasteiger partial charge in [0.25, 0.3) is 0 Å². The number of nitrogens with zero attached hydrogens (tertiary/aromatic N) is 8. The number of hydrazone groups is 2. The number of Topliss-reactive ketones (excluding diaryl/α,β-unsaturated/α-hetero) is 2. The van der Waals surface area contributed by atoms with Crippen LogP contribution in [0, 0.1) is 0 Å². The van der Waals surface area contributed by atoms with Crippen molar-refractivity contribution < 1.29 is 76.4 Å². The summed E-state index contributed by atoms with van der Waals surface area (Å²) in [4.78, 5) is 145. The van der Waals surface area contributed by atoms with Gasteiger partial charge in [-0.1, -0.05) is 6.92 Å². The third kappa shape index (κ3) is 39.5. The Balaban J connectivity index is 5.40. The van der Waals surface area contributed by atoms with Crippen molar-refractivity contribution in [3.8, 4) is 0 Å². The van der Waals surface area contributed by atoms with Crippen LogP contribution < -0.4 is 10.9 Å². The number of carbonyl (C=O) groups excluding carboxylic acids is 10. The van der Waals surface area contributed by atoms with Crippen LogP contribution in [0.2, 0.25) is 0 Å². The predicted molar refractivity (Wildman–Crippen MR) is 319 cm³/mol. The van der Waals surface area contributed by atoms with Gasteiger partial charge in [0.05, 0.1) is 38.5 Å². The van der Waals surface area contributed by atoms with Crippen LogP contribution in [0.3, 0.4) is 0 Å². The van der Waals surface area contributed by atoms with Gasteiger partial charge in [0.2, 0.25) is 11.6 Å². The fourth-order valence-corrected chi connectivity index (χ4v) is 7.63. The normalized spacial score (nSPS) is 14.8. The van der Waals surface area contributed by atoms with E-state index in [2.05, 4.69) is 41.0 Å². The van der Waals surface area contributed by atoms with Gasteiger partial charge in [-0.15, -0.1) is 0 Å². The fourth-order valence-electron chi connectivity index (χ4n) is 7.63. The second-order valence-electron chi connectivity index (χ2n) is 20.9. The molecule has 0 saturated carbocycles. The second kappa shape index (κ2) is 43.7. The zero-order chi connectivity index (χ0) is 63.9. The summed E-state index contributed by atoms with van der Waals surface area (Å²) < 4.78 is 33.9. The Kier molecular flexibility index (Phi) is 40.0. The van der Waals surface area contributed by atoms with E-state index in [1.54, 1.807) is 90.4 Å². The van der Waals surface area contributed by atoms with E-state index in [0.29, 0.717) is 36.4 Å². The molecule has 6 atom stereocenters. The van der Waals surface area contributed by atoms with Crippen LogP contribution in [0.25, 0.3) is 0 Å². The van der Waals surface area contributed by atoms with E-state index in [1.807, 2.05) is 30.6 Å². The van der Waals surface area contributed by atoms with E-state index in [9.17, 15) is 47.9 Å². The summed E-state index contributed by atoms with van der Waals surface area (Å²) in [5.41, 5.74) is 7.95. The first kappa shape index (κ1) is 77.0. The molecule has 0 fully saturated rings. The zero-order valence-electron chi connectivity index (χ0n) is 52.7. The first-order valence-corrected chi connectivity index (χ1v) is 28.6. The first-order chi connectivity index (χ1) is 39.5. The van der Waals surface area contributed by atoms with Gasteiger partial charge in [0, 0.05) is 101 Å². The summed E-state index contributed by atoms with van der Waals surface area (Å²) in [5.74, 6) is -6.21. The molecule has 0 heterocycles. The number of esters is 6. The van der Waals surface area contributed by atoms with E-state index in [4.69, 9.17) is 28.4 Å². The number of carbonyl (C=O) groups is 10. The molecule has 0 bridgehead atoms. The number of ether oxygens (including phenoxy) is 6. The monoisotopic (exact) mass is 1190 g/mol. The molecule has 0 saturated heterocycles. The van der Waals surface area contributed by atoms with E-state index < -0.39 is 90.4 Å². The van der Waals surface area contributed by atoms with E-state index in [0.717, 1.165) is 17.1 Å². The molecular formula is C58H96N10O16. The number of amides is 2. The molecule has 474 valence electrons. The summed E-state index contributed by atoms with van der Waals surface area (Å²) >= 11 is 0. The van der Waals surface area contributed by atoms with Crippen molar-refractivity contribution in [3.63, 3.8) is 0 Å². The van der Waals surface area contributed by atoms with Gasteiger partial charge in [0.1, 0.15) is 43.2 Å². The smallest absolute Gasteiger partial charge is 0.309 e. The molecule has 26 nitrogen and oxygen atoms in total. The number of nitrogens with one attached hydrogen (secondary N) is 2. The van der Waals surface area contributed by atoms with Crippen molar-refractivity contribution in [2.75, 3.05) is 67.0 Å². The Morgan fingerprint density at radius 2 is 0.571 bits per heavy atom. The highest BCUT2D eigenvalue weighted by Gasteiger charge is 2.25. The molecule has 0 rings (SSSR count). The molecule has 2 N–H and O–H groups in total. The standard InChI is InChI=1S/C58H96N10O16/c1-17-49(69)57(77)65-63-41(6)22-28-55(75)83-47(12)35-68(33-45(10)81-53(73)26-20-39(4)61-16)36-48(13)84-56(76)29-23-42(7)64-66-58(78)50(70)30-62-40(5)21-27-54(74)82-46(11)34-67(31-43(8)79-51(71)24-18-37(2)59-14)32-44(9)80-52(72)25-19-38(3)60-15/h43-48H,17-36H2,1-16H3,(H,65,77)(H,66,78)/b59-37?,60-38?,61-39?,62-40?,63-41+,64-42+. The number of ketones is 2. The van der Waals surface area contributed by atoms with E-state index in [-0.39, 0.29) is 115 Å². The van der Waals surface area contributed by atoms with Gasteiger partial charge in [-0.25, -0.2) is 10.9 Å². The molecule has 0 aliphatic carbocycles. The van der Waals surface area contributed by atoms with E-state index >= 15 is 0 Å². The molecule has 0 aromatic heterocycles. The van der Waals surface area contributed by atoms with Gasteiger partial charge in [-0.3, -0.25) is 77.7 Å². The molecule has 0 aliphatic rings. The molecule has 0 aliphatic heterocycles. The van der Waals surface area contributed by atoms with Crippen molar-refractivity contribution in [3.05, 3.63) is 0 Å². The summed E-state index contributed by atoms with van der Waals surface area (Å²) in [5, 5.41) is 7.80. The average molecular weight is 1190 g/mol. The lowest BCUT2D eigenvalue weighted by Gasteiger charge is -2.30. The molecule has 0 radical (unpaired) electrons. The summed E-state index contributed by atoms with van der Waals surface area (Å²) in [6.45, 7) is 22.9. The highest BCUT2D eigenvalue weighted by Crippen LogP contribution is 2.12. The van der Waals surface area contributed by atoms with Gasteiger partial charge < -0.3 is 28.4 Å².